The van der Waals surface area contributed by atoms with E-state index in [0.717, 1.165) is 4.47 Å². The van der Waals surface area contributed by atoms with Crippen LogP contribution in [-0.4, -0.2) is 16.8 Å². The molecule has 1 aromatic carbocycles. The summed E-state index contributed by atoms with van der Waals surface area (Å²) >= 11 is 3.32. The van der Waals surface area contributed by atoms with Gasteiger partial charge < -0.3 is 15.9 Å². The highest BCUT2D eigenvalue weighted by atomic mass is 79.9. The molecule has 0 spiro atoms. The Kier molecular flexibility index (Phi) is 6.92. The Bertz CT molecular complexity index is 309. The topological polar surface area (TPSA) is 66.5 Å². The summed E-state index contributed by atoms with van der Waals surface area (Å²) in [6.07, 6.45) is 1.31. The van der Waals surface area contributed by atoms with Crippen molar-refractivity contribution in [1.82, 2.24) is 0 Å². The molecular weight excluding hydrogens is 281 g/mol. The Hall–Kier alpha value is -0.290. The van der Waals surface area contributed by atoms with E-state index in [9.17, 15) is 5.11 Å². The SMILES string of the molecule is Cl.N[C@H](CCCO)c1cc(Br)ccc1O. The van der Waals surface area contributed by atoms with Crippen LogP contribution in [0.1, 0.15) is 24.4 Å². The van der Waals surface area contributed by atoms with Gasteiger partial charge >= 0.3 is 0 Å². The van der Waals surface area contributed by atoms with Crippen LogP contribution < -0.4 is 5.73 Å². The number of hydrogen-bond donors (Lipinski definition) is 3. The fourth-order valence-corrected chi connectivity index (χ4v) is 1.67. The summed E-state index contributed by atoms with van der Waals surface area (Å²) in [4.78, 5) is 0. The molecule has 0 aliphatic carbocycles. The van der Waals surface area contributed by atoms with Crippen LogP contribution in [0.15, 0.2) is 22.7 Å². The van der Waals surface area contributed by atoms with Gasteiger partial charge in [0.25, 0.3) is 0 Å². The van der Waals surface area contributed by atoms with Crippen molar-refractivity contribution in [3.63, 3.8) is 0 Å². The monoisotopic (exact) mass is 295 g/mol. The molecule has 0 heterocycles. The molecule has 1 rings (SSSR count). The van der Waals surface area contributed by atoms with Crippen LogP contribution in [0.4, 0.5) is 0 Å². The molecule has 0 bridgehead atoms. The predicted molar refractivity (Wildman–Crippen MR) is 66.3 cm³/mol. The third kappa shape index (κ3) is 4.38. The van der Waals surface area contributed by atoms with Crippen molar-refractivity contribution < 1.29 is 10.2 Å². The van der Waals surface area contributed by atoms with Crippen LogP contribution in [0.5, 0.6) is 5.75 Å². The fourth-order valence-electron chi connectivity index (χ4n) is 1.29. The maximum Gasteiger partial charge on any atom is 0.120 e. The second-order valence-electron chi connectivity index (χ2n) is 3.18. The average molecular weight is 297 g/mol. The van der Waals surface area contributed by atoms with Crippen molar-refractivity contribution in [2.24, 2.45) is 5.73 Å². The van der Waals surface area contributed by atoms with Gasteiger partial charge in [-0.15, -0.1) is 12.4 Å². The van der Waals surface area contributed by atoms with E-state index in [1.807, 2.05) is 0 Å². The Labute approximate surface area is 104 Å². The molecular formula is C10H15BrClNO2. The molecule has 0 fully saturated rings. The van der Waals surface area contributed by atoms with Crippen molar-refractivity contribution >= 4 is 28.3 Å². The maximum absolute atomic E-state index is 9.54. The van der Waals surface area contributed by atoms with E-state index >= 15 is 0 Å². The lowest BCUT2D eigenvalue weighted by Crippen LogP contribution is -2.11. The van der Waals surface area contributed by atoms with Gasteiger partial charge in [-0.2, -0.15) is 0 Å². The summed E-state index contributed by atoms with van der Waals surface area (Å²) in [5, 5.41) is 18.2. The number of halogens is 2. The minimum Gasteiger partial charge on any atom is -0.508 e. The number of phenolic OH excluding ortho intramolecular Hbond substituents is 1. The first-order valence-corrected chi connectivity index (χ1v) is 5.29. The summed E-state index contributed by atoms with van der Waals surface area (Å²) in [6.45, 7) is 0.127. The van der Waals surface area contributed by atoms with Crippen LogP contribution in [-0.2, 0) is 0 Å². The molecule has 0 saturated carbocycles. The smallest absolute Gasteiger partial charge is 0.120 e. The molecule has 0 radical (unpaired) electrons. The van der Waals surface area contributed by atoms with E-state index < -0.39 is 0 Å². The van der Waals surface area contributed by atoms with E-state index in [1.54, 1.807) is 18.2 Å². The largest absolute Gasteiger partial charge is 0.508 e. The lowest BCUT2D eigenvalue weighted by atomic mass is 10.0. The minimum atomic E-state index is -0.223. The van der Waals surface area contributed by atoms with E-state index in [4.69, 9.17) is 10.8 Å². The van der Waals surface area contributed by atoms with Gasteiger partial charge in [0.15, 0.2) is 0 Å². The van der Waals surface area contributed by atoms with E-state index in [1.165, 1.54) is 0 Å². The van der Waals surface area contributed by atoms with Crippen molar-refractivity contribution in [2.75, 3.05) is 6.61 Å². The zero-order valence-corrected chi connectivity index (χ0v) is 10.6. The van der Waals surface area contributed by atoms with Crippen molar-refractivity contribution in [2.45, 2.75) is 18.9 Å². The molecule has 86 valence electrons. The third-order valence-electron chi connectivity index (χ3n) is 2.06. The molecule has 0 saturated heterocycles. The zero-order valence-electron chi connectivity index (χ0n) is 8.19. The van der Waals surface area contributed by atoms with Crippen LogP contribution in [0.2, 0.25) is 0 Å². The molecule has 0 unspecified atom stereocenters. The highest BCUT2D eigenvalue weighted by Gasteiger charge is 2.10. The lowest BCUT2D eigenvalue weighted by Gasteiger charge is -2.13. The number of aliphatic hydroxyl groups is 1. The normalized spacial score (nSPS) is 11.9. The zero-order chi connectivity index (χ0) is 10.6. The number of hydrogen-bond acceptors (Lipinski definition) is 3. The molecule has 1 atom stereocenters. The Morgan fingerprint density at radius 2 is 2.07 bits per heavy atom. The standard InChI is InChI=1S/C10H14BrNO2.ClH/c11-7-3-4-10(14)8(6-7)9(12)2-1-5-13;/h3-4,6,9,13-14H,1-2,5,12H2;1H/t9-;/m1./s1. The highest BCUT2D eigenvalue weighted by molar-refractivity contribution is 9.10. The number of rotatable bonds is 4. The summed E-state index contributed by atoms with van der Waals surface area (Å²) in [7, 11) is 0. The van der Waals surface area contributed by atoms with Crippen molar-refractivity contribution in [3.05, 3.63) is 28.2 Å². The number of benzene rings is 1. The Morgan fingerprint density at radius 1 is 1.40 bits per heavy atom. The molecule has 4 N–H and O–H groups in total. The predicted octanol–water partition coefficient (Wildman–Crippen LogP) is 2.35. The van der Waals surface area contributed by atoms with Gasteiger partial charge in [-0.1, -0.05) is 15.9 Å². The summed E-state index contributed by atoms with van der Waals surface area (Å²) < 4.78 is 0.893. The van der Waals surface area contributed by atoms with Gasteiger partial charge in [-0.3, -0.25) is 0 Å². The molecule has 0 aromatic heterocycles. The molecule has 1 aromatic rings. The summed E-state index contributed by atoms with van der Waals surface area (Å²) in [5.74, 6) is 0.207. The maximum atomic E-state index is 9.54. The quantitative estimate of drug-likeness (QED) is 0.799. The fraction of sp³-hybridized carbons (Fsp3) is 0.400. The molecule has 0 aliphatic heterocycles. The van der Waals surface area contributed by atoms with Gasteiger partial charge in [0.1, 0.15) is 5.75 Å². The first-order chi connectivity index (χ1) is 6.65. The van der Waals surface area contributed by atoms with Crippen LogP contribution in [0, 0.1) is 0 Å². The lowest BCUT2D eigenvalue weighted by molar-refractivity contribution is 0.279. The Balaban J connectivity index is 0.00000196. The van der Waals surface area contributed by atoms with E-state index in [-0.39, 0.29) is 30.8 Å². The van der Waals surface area contributed by atoms with Crippen molar-refractivity contribution in [1.29, 1.82) is 0 Å². The molecule has 15 heavy (non-hydrogen) atoms. The molecule has 3 nitrogen and oxygen atoms in total. The second-order valence-corrected chi connectivity index (χ2v) is 4.09. The van der Waals surface area contributed by atoms with E-state index in [0.29, 0.717) is 18.4 Å². The van der Waals surface area contributed by atoms with Gasteiger partial charge in [-0.05, 0) is 31.0 Å². The van der Waals surface area contributed by atoms with Crippen molar-refractivity contribution in [3.8, 4) is 5.75 Å². The van der Waals surface area contributed by atoms with Gasteiger partial charge in [-0.25, -0.2) is 0 Å². The van der Waals surface area contributed by atoms with E-state index in [2.05, 4.69) is 15.9 Å². The number of aliphatic hydroxyl groups excluding tert-OH is 1. The van der Waals surface area contributed by atoms with Crippen LogP contribution in [0.3, 0.4) is 0 Å². The summed E-state index contributed by atoms with van der Waals surface area (Å²) in [5.41, 5.74) is 6.57. The second kappa shape index (κ2) is 7.06. The minimum absolute atomic E-state index is 0. The number of nitrogens with two attached hydrogens (primary N) is 1. The molecule has 5 heteroatoms. The average Bonchev–Trinajstić information content (AvgIpc) is 2.18. The first-order valence-electron chi connectivity index (χ1n) is 4.50. The van der Waals surface area contributed by atoms with Crippen LogP contribution in [0.25, 0.3) is 0 Å². The molecule has 0 aliphatic rings. The third-order valence-corrected chi connectivity index (χ3v) is 2.56. The molecule has 0 amide bonds. The number of phenols is 1. The van der Waals surface area contributed by atoms with Crippen LogP contribution >= 0.6 is 28.3 Å². The summed E-state index contributed by atoms with van der Waals surface area (Å²) in [6, 6.07) is 4.95. The number of aromatic hydroxyl groups is 1. The van der Waals surface area contributed by atoms with Gasteiger partial charge in [0, 0.05) is 22.7 Å². The van der Waals surface area contributed by atoms with Gasteiger partial charge in [0.05, 0.1) is 0 Å². The Morgan fingerprint density at radius 3 is 2.67 bits per heavy atom. The first kappa shape index (κ1) is 14.7. The highest BCUT2D eigenvalue weighted by Crippen LogP contribution is 2.28. The van der Waals surface area contributed by atoms with Gasteiger partial charge in [0.2, 0.25) is 0 Å².